The van der Waals surface area contributed by atoms with Gasteiger partial charge in [0.25, 0.3) is 5.95 Å². The molecule has 12 heteroatoms. The Hall–Kier alpha value is -2.08. The Morgan fingerprint density at radius 1 is 1.38 bits per heavy atom. The van der Waals surface area contributed by atoms with Crippen LogP contribution in [-0.4, -0.2) is 73.7 Å². The molecule has 10 nitrogen and oxygen atoms in total. The first-order valence-corrected chi connectivity index (χ1v) is 12.2. The molecule has 2 aromatic heterocycles. The molecule has 160 valence electrons. The highest BCUT2D eigenvalue weighted by Gasteiger charge is 2.35. The third kappa shape index (κ3) is 4.92. The summed E-state index contributed by atoms with van der Waals surface area (Å²) in [6, 6.07) is 1.64. The zero-order chi connectivity index (χ0) is 21.3. The standard InChI is InChI=1S/C17H27N7O3S2/c1-11(2)8-22(14-5-6-29(26,27)10-14)15(25)9-28-17-20-19-16(23(17)18)24-13(4)7-12(3)21-24/h7,11,14H,5-6,8-10,18H2,1-4H3. The lowest BCUT2D eigenvalue weighted by Crippen LogP contribution is -2.44. The predicted molar refractivity (Wildman–Crippen MR) is 111 cm³/mol. The number of nitrogen functional groups attached to an aromatic ring is 1. The highest BCUT2D eigenvalue weighted by Crippen LogP contribution is 2.22. The minimum atomic E-state index is -3.07. The summed E-state index contributed by atoms with van der Waals surface area (Å²) in [5, 5.41) is 12.9. The largest absolute Gasteiger partial charge is 0.338 e. The average Bonchev–Trinajstić information content (AvgIpc) is 3.27. The van der Waals surface area contributed by atoms with Crippen LogP contribution in [0, 0.1) is 19.8 Å². The number of nitrogens with zero attached hydrogens (tertiary/aromatic N) is 6. The van der Waals surface area contributed by atoms with Gasteiger partial charge >= 0.3 is 0 Å². The maximum Gasteiger partial charge on any atom is 0.271 e. The molecule has 0 radical (unpaired) electrons. The van der Waals surface area contributed by atoms with Crippen LogP contribution >= 0.6 is 11.8 Å². The molecule has 0 aromatic carbocycles. The maximum atomic E-state index is 12.9. The van der Waals surface area contributed by atoms with E-state index in [1.807, 2.05) is 33.8 Å². The van der Waals surface area contributed by atoms with Gasteiger partial charge in [-0.1, -0.05) is 25.6 Å². The second-order valence-corrected chi connectivity index (χ2v) is 10.9. The first-order chi connectivity index (χ1) is 13.6. The van der Waals surface area contributed by atoms with Crippen molar-refractivity contribution in [2.45, 2.75) is 45.3 Å². The van der Waals surface area contributed by atoms with Crippen LogP contribution in [0.2, 0.25) is 0 Å². The smallest absolute Gasteiger partial charge is 0.271 e. The van der Waals surface area contributed by atoms with E-state index in [0.717, 1.165) is 11.4 Å². The molecule has 1 aliphatic heterocycles. The predicted octanol–water partition coefficient (Wildman–Crippen LogP) is 0.558. The van der Waals surface area contributed by atoms with Crippen LogP contribution in [0.3, 0.4) is 0 Å². The molecule has 2 aromatic rings. The highest BCUT2D eigenvalue weighted by molar-refractivity contribution is 7.99. The van der Waals surface area contributed by atoms with Gasteiger partial charge in [0, 0.05) is 18.3 Å². The molecular weight excluding hydrogens is 414 g/mol. The third-order valence-corrected chi connectivity index (χ3v) is 7.38. The number of hydrogen-bond donors (Lipinski definition) is 1. The summed E-state index contributed by atoms with van der Waals surface area (Å²) in [6.07, 6.45) is 0.487. The third-order valence-electron chi connectivity index (χ3n) is 4.70. The number of aryl methyl sites for hydroxylation is 2. The van der Waals surface area contributed by atoms with Crippen LogP contribution in [0.1, 0.15) is 31.7 Å². The van der Waals surface area contributed by atoms with E-state index in [4.69, 9.17) is 5.84 Å². The van der Waals surface area contributed by atoms with Crippen LogP contribution in [0.25, 0.3) is 5.95 Å². The number of nitrogens with two attached hydrogens (primary N) is 1. The summed E-state index contributed by atoms with van der Waals surface area (Å²) < 4.78 is 26.6. The molecule has 1 aliphatic rings. The summed E-state index contributed by atoms with van der Waals surface area (Å²) in [4.78, 5) is 14.6. The molecule has 0 saturated carbocycles. The van der Waals surface area contributed by atoms with Crippen LogP contribution < -0.4 is 5.84 Å². The number of amides is 1. The molecule has 2 N–H and O–H groups in total. The molecule has 29 heavy (non-hydrogen) atoms. The maximum absolute atomic E-state index is 12.9. The van der Waals surface area contributed by atoms with Crippen LogP contribution in [0.15, 0.2) is 11.2 Å². The minimum Gasteiger partial charge on any atom is -0.338 e. The molecule has 3 rings (SSSR count). The fraction of sp³-hybridized carbons (Fsp3) is 0.647. The first kappa shape index (κ1) is 21.6. The number of aromatic nitrogens is 5. The summed E-state index contributed by atoms with van der Waals surface area (Å²) in [7, 11) is -3.07. The topological polar surface area (TPSA) is 129 Å². The van der Waals surface area contributed by atoms with Crippen molar-refractivity contribution in [2.75, 3.05) is 29.6 Å². The Labute approximate surface area is 174 Å². The van der Waals surface area contributed by atoms with Gasteiger partial charge in [-0.05, 0) is 32.3 Å². The summed E-state index contributed by atoms with van der Waals surface area (Å²) in [5.74, 6) is 6.88. The van der Waals surface area contributed by atoms with Gasteiger partial charge in [0.1, 0.15) is 0 Å². The molecule has 0 bridgehead atoms. The van der Waals surface area contributed by atoms with E-state index in [9.17, 15) is 13.2 Å². The molecular formula is C17H27N7O3S2. The molecule has 1 fully saturated rings. The Morgan fingerprint density at radius 2 is 2.10 bits per heavy atom. The molecule has 1 amide bonds. The Morgan fingerprint density at radius 3 is 2.66 bits per heavy atom. The first-order valence-electron chi connectivity index (χ1n) is 9.44. The number of hydrogen-bond acceptors (Lipinski definition) is 8. The van der Waals surface area contributed by atoms with E-state index in [1.54, 1.807) is 9.58 Å². The van der Waals surface area contributed by atoms with Crippen molar-refractivity contribution >= 4 is 27.5 Å². The van der Waals surface area contributed by atoms with Gasteiger partial charge in [-0.2, -0.15) is 5.10 Å². The Balaban J connectivity index is 1.71. The van der Waals surface area contributed by atoms with Crippen molar-refractivity contribution < 1.29 is 13.2 Å². The monoisotopic (exact) mass is 441 g/mol. The number of carbonyl (C=O) groups is 1. The van der Waals surface area contributed by atoms with Crippen LogP contribution in [0.5, 0.6) is 0 Å². The van der Waals surface area contributed by atoms with Crippen molar-refractivity contribution in [2.24, 2.45) is 5.92 Å². The Bertz CT molecular complexity index is 997. The fourth-order valence-corrected chi connectivity index (χ4v) is 5.89. The van der Waals surface area contributed by atoms with Gasteiger partial charge in [-0.15, -0.1) is 10.2 Å². The highest BCUT2D eigenvalue weighted by atomic mass is 32.2. The lowest BCUT2D eigenvalue weighted by molar-refractivity contribution is -0.130. The molecule has 1 unspecified atom stereocenters. The second kappa shape index (κ2) is 8.34. The van der Waals surface area contributed by atoms with Gasteiger partial charge in [0.15, 0.2) is 9.84 Å². The van der Waals surface area contributed by atoms with Crippen molar-refractivity contribution in [3.63, 3.8) is 0 Å². The van der Waals surface area contributed by atoms with Gasteiger partial charge < -0.3 is 10.7 Å². The fourth-order valence-electron chi connectivity index (χ4n) is 3.42. The lowest BCUT2D eigenvalue weighted by atomic mass is 10.1. The van der Waals surface area contributed by atoms with Gasteiger partial charge in [-0.25, -0.2) is 17.8 Å². The van der Waals surface area contributed by atoms with Crippen molar-refractivity contribution in [1.82, 2.24) is 29.6 Å². The number of thioether (sulfide) groups is 1. The molecule has 3 heterocycles. The Kier molecular flexibility index (Phi) is 6.22. The van der Waals surface area contributed by atoms with Crippen LogP contribution in [0.4, 0.5) is 0 Å². The average molecular weight is 442 g/mol. The molecule has 1 atom stereocenters. The van der Waals surface area contributed by atoms with Crippen molar-refractivity contribution in [3.05, 3.63) is 17.5 Å². The van der Waals surface area contributed by atoms with E-state index in [2.05, 4.69) is 15.3 Å². The lowest BCUT2D eigenvalue weighted by Gasteiger charge is -2.29. The summed E-state index contributed by atoms with van der Waals surface area (Å²) in [6.45, 7) is 8.31. The molecule has 1 saturated heterocycles. The van der Waals surface area contributed by atoms with E-state index in [-0.39, 0.29) is 35.1 Å². The van der Waals surface area contributed by atoms with Gasteiger partial charge in [-0.3, -0.25) is 4.79 Å². The number of sulfone groups is 1. The van der Waals surface area contributed by atoms with E-state index in [0.29, 0.717) is 24.1 Å². The van der Waals surface area contributed by atoms with E-state index < -0.39 is 9.84 Å². The van der Waals surface area contributed by atoms with Crippen molar-refractivity contribution in [1.29, 1.82) is 0 Å². The van der Waals surface area contributed by atoms with E-state index in [1.165, 1.54) is 16.4 Å². The summed E-state index contributed by atoms with van der Waals surface area (Å²) in [5.41, 5.74) is 1.71. The van der Waals surface area contributed by atoms with Crippen LogP contribution in [-0.2, 0) is 14.6 Å². The quantitative estimate of drug-likeness (QED) is 0.487. The number of rotatable bonds is 7. The molecule has 0 spiro atoms. The minimum absolute atomic E-state index is 0.0330. The van der Waals surface area contributed by atoms with Crippen molar-refractivity contribution in [3.8, 4) is 5.95 Å². The summed E-state index contributed by atoms with van der Waals surface area (Å²) >= 11 is 1.18. The molecule has 0 aliphatic carbocycles. The second-order valence-electron chi connectivity index (χ2n) is 7.78. The zero-order valence-electron chi connectivity index (χ0n) is 17.1. The van der Waals surface area contributed by atoms with Gasteiger partial charge in [0.2, 0.25) is 11.1 Å². The normalized spacial score (nSPS) is 18.4. The number of carbonyl (C=O) groups excluding carboxylic acids is 1. The van der Waals surface area contributed by atoms with E-state index >= 15 is 0 Å². The zero-order valence-corrected chi connectivity index (χ0v) is 18.7. The van der Waals surface area contributed by atoms with Gasteiger partial charge in [0.05, 0.1) is 23.0 Å². The SMILES string of the molecule is Cc1cc(C)n(-c2nnc(SCC(=O)N(CC(C)C)C3CCS(=O)(=O)C3)n2N)n1.